The van der Waals surface area contributed by atoms with Crippen LogP contribution in [0.15, 0.2) is 0 Å². The molecular formula is C12H15NO4S. The Morgan fingerprint density at radius 2 is 1.67 bits per heavy atom. The number of nitro benzene ring substituents is 1. The van der Waals surface area contributed by atoms with E-state index >= 15 is 0 Å². The number of hydrogen-bond acceptors (Lipinski definition) is 5. The van der Waals surface area contributed by atoms with Gasteiger partial charge in [-0.3, -0.25) is 10.1 Å². The van der Waals surface area contributed by atoms with Crippen molar-refractivity contribution in [1.29, 1.82) is 0 Å². The molecule has 0 bridgehead atoms. The van der Waals surface area contributed by atoms with Gasteiger partial charge < -0.3 is 4.74 Å². The van der Waals surface area contributed by atoms with Crippen molar-refractivity contribution in [3.8, 4) is 5.75 Å². The van der Waals surface area contributed by atoms with Crippen molar-refractivity contribution in [2.45, 2.75) is 27.7 Å². The number of carbonyl (C=O) groups excluding carboxylic acids is 1. The van der Waals surface area contributed by atoms with Crippen molar-refractivity contribution in [1.82, 2.24) is 0 Å². The zero-order valence-electron chi connectivity index (χ0n) is 11.0. The van der Waals surface area contributed by atoms with Crippen LogP contribution in [0.25, 0.3) is 0 Å². The summed E-state index contributed by atoms with van der Waals surface area (Å²) in [6.07, 6.45) is 1.60. The molecule has 0 aliphatic heterocycles. The molecule has 1 aromatic carbocycles. The third-order valence-corrected chi connectivity index (χ3v) is 3.47. The molecular weight excluding hydrogens is 254 g/mol. The third-order valence-electron chi connectivity index (χ3n) is 3.05. The SMILES string of the molecule is CSC(=O)Oc1c(C)c(C)c(C)c([N+](=O)[O-])c1C. The van der Waals surface area contributed by atoms with Gasteiger partial charge in [0.05, 0.1) is 10.5 Å². The van der Waals surface area contributed by atoms with Crippen molar-refractivity contribution < 1.29 is 14.5 Å². The van der Waals surface area contributed by atoms with E-state index in [-0.39, 0.29) is 5.69 Å². The lowest BCUT2D eigenvalue weighted by Gasteiger charge is -2.14. The zero-order valence-corrected chi connectivity index (χ0v) is 11.8. The van der Waals surface area contributed by atoms with Crippen molar-refractivity contribution in [2.75, 3.05) is 6.26 Å². The predicted molar refractivity (Wildman–Crippen MR) is 71.6 cm³/mol. The van der Waals surface area contributed by atoms with Crippen molar-refractivity contribution in [3.05, 3.63) is 32.4 Å². The van der Waals surface area contributed by atoms with E-state index in [2.05, 4.69) is 0 Å². The van der Waals surface area contributed by atoms with Crippen LogP contribution in [0.3, 0.4) is 0 Å². The van der Waals surface area contributed by atoms with E-state index in [4.69, 9.17) is 4.74 Å². The van der Waals surface area contributed by atoms with Gasteiger partial charge in [0.1, 0.15) is 5.75 Å². The number of hydrogen-bond donors (Lipinski definition) is 0. The minimum atomic E-state index is -0.473. The van der Waals surface area contributed by atoms with Crippen LogP contribution in [0.2, 0.25) is 0 Å². The summed E-state index contributed by atoms with van der Waals surface area (Å²) in [7, 11) is 0. The number of thioether (sulfide) groups is 1. The van der Waals surface area contributed by atoms with E-state index in [1.165, 1.54) is 0 Å². The zero-order chi connectivity index (χ0) is 14.0. The topological polar surface area (TPSA) is 69.4 Å². The highest BCUT2D eigenvalue weighted by Gasteiger charge is 2.24. The van der Waals surface area contributed by atoms with E-state index in [9.17, 15) is 14.9 Å². The Kier molecular flexibility index (Phi) is 4.34. The Bertz CT molecular complexity index is 526. The normalized spacial score (nSPS) is 10.3. The lowest BCUT2D eigenvalue weighted by molar-refractivity contribution is -0.386. The summed E-state index contributed by atoms with van der Waals surface area (Å²) < 4.78 is 5.17. The van der Waals surface area contributed by atoms with Gasteiger partial charge in [0.25, 0.3) is 5.69 Å². The van der Waals surface area contributed by atoms with Gasteiger partial charge in [-0.15, -0.1) is 0 Å². The van der Waals surface area contributed by atoms with Crippen LogP contribution in [-0.4, -0.2) is 16.5 Å². The van der Waals surface area contributed by atoms with Crippen molar-refractivity contribution in [2.24, 2.45) is 0 Å². The molecule has 0 saturated carbocycles. The smallest absolute Gasteiger partial charge is 0.372 e. The van der Waals surface area contributed by atoms with Crippen molar-refractivity contribution in [3.63, 3.8) is 0 Å². The van der Waals surface area contributed by atoms with E-state index in [0.29, 0.717) is 16.9 Å². The number of nitrogens with zero attached hydrogens (tertiary/aromatic N) is 1. The third kappa shape index (κ3) is 2.48. The highest BCUT2D eigenvalue weighted by molar-refractivity contribution is 8.12. The van der Waals surface area contributed by atoms with Crippen LogP contribution in [0.4, 0.5) is 10.5 Å². The fourth-order valence-corrected chi connectivity index (χ4v) is 2.02. The monoisotopic (exact) mass is 269 g/mol. The van der Waals surface area contributed by atoms with Crippen LogP contribution in [0, 0.1) is 37.8 Å². The summed E-state index contributed by atoms with van der Waals surface area (Å²) in [6, 6.07) is 0. The fourth-order valence-electron chi connectivity index (χ4n) is 1.85. The number of carbonyl (C=O) groups is 1. The Labute approximate surface area is 110 Å². The lowest BCUT2D eigenvalue weighted by atomic mass is 9.97. The molecule has 0 N–H and O–H groups in total. The Balaban J connectivity index is 3.52. The quantitative estimate of drug-likeness (QED) is 0.465. The van der Waals surface area contributed by atoms with Crippen LogP contribution in [0.1, 0.15) is 22.3 Å². The number of nitro groups is 1. The first-order valence-electron chi connectivity index (χ1n) is 5.31. The van der Waals surface area contributed by atoms with Crippen LogP contribution in [-0.2, 0) is 0 Å². The van der Waals surface area contributed by atoms with Gasteiger partial charge in [0.15, 0.2) is 0 Å². The maximum atomic E-state index is 11.3. The second-order valence-electron chi connectivity index (χ2n) is 3.99. The number of rotatable bonds is 2. The molecule has 1 rings (SSSR count). The van der Waals surface area contributed by atoms with Crippen molar-refractivity contribution >= 4 is 22.8 Å². The first kappa shape index (κ1) is 14.5. The number of benzene rings is 1. The fraction of sp³-hybridized carbons (Fsp3) is 0.417. The van der Waals surface area contributed by atoms with Gasteiger partial charge in [-0.25, -0.2) is 4.79 Å². The summed E-state index contributed by atoms with van der Waals surface area (Å²) >= 11 is 0.930. The van der Waals surface area contributed by atoms with Crippen LogP contribution in [0.5, 0.6) is 5.75 Å². The Morgan fingerprint density at radius 1 is 1.11 bits per heavy atom. The Hall–Kier alpha value is -1.56. The summed E-state index contributed by atoms with van der Waals surface area (Å²) in [4.78, 5) is 22.0. The van der Waals surface area contributed by atoms with E-state index in [1.807, 2.05) is 0 Å². The first-order chi connectivity index (χ1) is 8.31. The Morgan fingerprint density at radius 3 is 2.11 bits per heavy atom. The van der Waals surface area contributed by atoms with Gasteiger partial charge in [-0.1, -0.05) is 0 Å². The molecule has 0 amide bonds. The molecule has 0 radical (unpaired) electrons. The molecule has 0 aliphatic rings. The lowest BCUT2D eigenvalue weighted by Crippen LogP contribution is -2.07. The molecule has 18 heavy (non-hydrogen) atoms. The summed E-state index contributed by atoms with van der Waals surface area (Å²) in [5, 5.41) is 10.6. The highest BCUT2D eigenvalue weighted by atomic mass is 32.2. The molecule has 1 aromatic rings. The predicted octanol–water partition coefficient (Wildman–Crippen LogP) is 3.69. The molecule has 98 valence electrons. The molecule has 6 heteroatoms. The molecule has 0 saturated heterocycles. The molecule has 0 atom stereocenters. The second kappa shape index (κ2) is 5.39. The molecule has 0 fully saturated rings. The molecule has 0 heterocycles. The first-order valence-corrected chi connectivity index (χ1v) is 6.54. The van der Waals surface area contributed by atoms with Gasteiger partial charge in [-0.2, -0.15) is 0 Å². The summed E-state index contributed by atoms with van der Waals surface area (Å²) in [5.41, 5.74) is 2.55. The maximum Gasteiger partial charge on any atom is 0.372 e. The second-order valence-corrected chi connectivity index (χ2v) is 4.73. The molecule has 0 spiro atoms. The van der Waals surface area contributed by atoms with Gasteiger partial charge in [0.2, 0.25) is 0 Å². The summed E-state index contributed by atoms with van der Waals surface area (Å²) in [6.45, 7) is 6.88. The minimum absolute atomic E-state index is 0.0157. The standard InChI is InChI=1S/C12H15NO4S/c1-6-7(2)10(13(15)16)9(4)11(8(6)3)17-12(14)18-5/h1-5H3. The van der Waals surface area contributed by atoms with Crippen LogP contribution < -0.4 is 4.74 Å². The number of ether oxygens (including phenoxy) is 1. The average Bonchev–Trinajstić information content (AvgIpc) is 2.31. The molecule has 0 aliphatic carbocycles. The van der Waals surface area contributed by atoms with Gasteiger partial charge >= 0.3 is 5.30 Å². The summed E-state index contributed by atoms with van der Waals surface area (Å²) in [5.74, 6) is 0.296. The minimum Gasteiger partial charge on any atom is -0.418 e. The van der Waals surface area contributed by atoms with Crippen LogP contribution >= 0.6 is 11.8 Å². The van der Waals surface area contributed by atoms with Gasteiger partial charge in [-0.05, 0) is 56.8 Å². The molecule has 0 aromatic heterocycles. The highest BCUT2D eigenvalue weighted by Crippen LogP contribution is 2.37. The molecule has 0 unspecified atom stereocenters. The molecule has 5 nitrogen and oxygen atoms in total. The largest absolute Gasteiger partial charge is 0.418 e. The van der Waals surface area contributed by atoms with E-state index < -0.39 is 10.2 Å². The van der Waals surface area contributed by atoms with E-state index in [0.717, 1.165) is 22.9 Å². The average molecular weight is 269 g/mol. The van der Waals surface area contributed by atoms with E-state index in [1.54, 1.807) is 34.0 Å². The maximum absolute atomic E-state index is 11.3. The van der Waals surface area contributed by atoms with Gasteiger partial charge in [0, 0.05) is 5.56 Å².